The number of aromatic nitrogens is 1. The molecule has 5 heteroatoms. The lowest BCUT2D eigenvalue weighted by atomic mass is 10.3. The van der Waals surface area contributed by atoms with Crippen LogP contribution in [0.15, 0.2) is 18.3 Å². The van der Waals surface area contributed by atoms with Gasteiger partial charge in [-0.05, 0) is 12.1 Å². The predicted octanol–water partition coefficient (Wildman–Crippen LogP) is 1.68. The maximum atomic E-state index is 10.8. The second-order valence-corrected chi connectivity index (χ2v) is 2.40. The summed E-state index contributed by atoms with van der Waals surface area (Å²) in [7, 11) is 1.87. The highest BCUT2D eigenvalue weighted by Gasteiger charge is 2.04. The minimum atomic E-state index is -0.445. The number of carbonyl (C=O) groups is 1. The maximum absolute atomic E-state index is 10.8. The van der Waals surface area contributed by atoms with Gasteiger partial charge in [-0.25, -0.2) is 9.78 Å². The Balaban J connectivity index is 2.96. The average molecular weight is 190 g/mol. The van der Waals surface area contributed by atoms with E-state index in [1.807, 2.05) is 9.47 Å². The Bertz CT molecular complexity index is 279. The molecule has 1 heterocycles. The zero-order chi connectivity index (χ0) is 8.27. The summed E-state index contributed by atoms with van der Waals surface area (Å²) in [5.74, 6) is -0.445. The zero-order valence-corrected chi connectivity index (χ0v) is 7.36. The van der Waals surface area contributed by atoms with Crippen molar-refractivity contribution in [2.24, 2.45) is 0 Å². The van der Waals surface area contributed by atoms with E-state index in [4.69, 9.17) is 11.6 Å². The number of nitrogens with zero attached hydrogens (tertiary/aromatic N) is 1. The van der Waals surface area contributed by atoms with Gasteiger partial charge in [-0.2, -0.15) is 0 Å². The molecule has 1 aromatic heterocycles. The highest BCUT2D eigenvalue weighted by Crippen LogP contribution is 2.09. The third-order valence-electron chi connectivity index (χ3n) is 1.07. The molecule has 0 aliphatic rings. The van der Waals surface area contributed by atoms with Gasteiger partial charge in [0.1, 0.15) is 5.15 Å². The SMILES string of the molecule is O=C(OP)c1ccnc(Cl)c1. The summed E-state index contributed by atoms with van der Waals surface area (Å²) < 4.78 is 4.38. The van der Waals surface area contributed by atoms with Crippen LogP contribution >= 0.6 is 21.1 Å². The van der Waals surface area contributed by atoms with E-state index in [0.717, 1.165) is 0 Å². The van der Waals surface area contributed by atoms with Crippen LogP contribution in [0, 0.1) is 0 Å². The Morgan fingerprint density at radius 1 is 1.73 bits per heavy atom. The lowest BCUT2D eigenvalue weighted by Crippen LogP contribution is -1.97. The van der Waals surface area contributed by atoms with Crippen LogP contribution in [0.25, 0.3) is 0 Å². The molecule has 0 aliphatic carbocycles. The van der Waals surface area contributed by atoms with E-state index in [1.54, 1.807) is 0 Å². The van der Waals surface area contributed by atoms with Crippen molar-refractivity contribution in [3.05, 3.63) is 29.0 Å². The molecule has 0 saturated heterocycles. The summed E-state index contributed by atoms with van der Waals surface area (Å²) >= 11 is 5.52. The van der Waals surface area contributed by atoms with Crippen molar-refractivity contribution in [3.8, 4) is 0 Å². The Morgan fingerprint density at radius 2 is 2.45 bits per heavy atom. The van der Waals surface area contributed by atoms with Crippen molar-refractivity contribution < 1.29 is 9.32 Å². The Kier molecular flexibility index (Phi) is 2.80. The highest BCUT2D eigenvalue weighted by molar-refractivity contribution is 7.10. The van der Waals surface area contributed by atoms with Crippen LogP contribution in [0.4, 0.5) is 0 Å². The number of carbonyl (C=O) groups excluding carboxylic acids is 1. The lowest BCUT2D eigenvalue weighted by Gasteiger charge is -1.96. The van der Waals surface area contributed by atoms with E-state index in [-0.39, 0.29) is 5.15 Å². The average Bonchev–Trinajstić information content (AvgIpc) is 2.03. The number of pyridine rings is 1. The largest absolute Gasteiger partial charge is 0.448 e. The molecule has 0 aliphatic heterocycles. The fraction of sp³-hybridized carbons (Fsp3) is 0. The summed E-state index contributed by atoms with van der Waals surface area (Å²) in [6, 6.07) is 2.96. The molecule has 0 radical (unpaired) electrons. The Morgan fingerprint density at radius 3 is 3.00 bits per heavy atom. The Labute approximate surface area is 71.0 Å². The van der Waals surface area contributed by atoms with Gasteiger partial charge in [0.15, 0.2) is 0 Å². The van der Waals surface area contributed by atoms with Crippen LogP contribution in [-0.2, 0) is 4.52 Å². The third-order valence-corrected chi connectivity index (χ3v) is 1.49. The van der Waals surface area contributed by atoms with Crippen molar-refractivity contribution in [1.82, 2.24) is 4.98 Å². The van der Waals surface area contributed by atoms with Crippen molar-refractivity contribution in [2.75, 3.05) is 0 Å². The van der Waals surface area contributed by atoms with Gasteiger partial charge in [0, 0.05) is 6.20 Å². The molecule has 1 aromatic rings. The molecule has 0 fully saturated rings. The summed E-state index contributed by atoms with van der Waals surface area (Å²) in [6.45, 7) is 0. The molecule has 11 heavy (non-hydrogen) atoms. The van der Waals surface area contributed by atoms with Crippen LogP contribution in [0.3, 0.4) is 0 Å². The molecule has 1 unspecified atom stereocenters. The first-order valence-corrected chi connectivity index (χ1v) is 3.61. The molecule has 1 rings (SSSR count). The van der Waals surface area contributed by atoms with E-state index in [9.17, 15) is 4.79 Å². The molecule has 0 N–H and O–H groups in total. The fourth-order valence-corrected chi connectivity index (χ4v) is 0.907. The molecule has 3 nitrogen and oxygen atoms in total. The second-order valence-electron chi connectivity index (χ2n) is 1.77. The number of hydrogen-bond acceptors (Lipinski definition) is 3. The van der Waals surface area contributed by atoms with Gasteiger partial charge in [-0.15, -0.1) is 0 Å². The predicted molar refractivity (Wildman–Crippen MR) is 44.4 cm³/mol. The molecular weight excluding hydrogens is 184 g/mol. The fourth-order valence-electron chi connectivity index (χ4n) is 0.597. The second kappa shape index (κ2) is 3.65. The van der Waals surface area contributed by atoms with Crippen LogP contribution in [-0.4, -0.2) is 11.0 Å². The number of hydrogen-bond donors (Lipinski definition) is 0. The standard InChI is InChI=1S/C6H5ClNO2P/c7-5-3-4(1-2-8-5)6(9)10-11/h1-3H,11H2. The number of halogens is 1. The van der Waals surface area contributed by atoms with Crippen molar-refractivity contribution >= 4 is 27.0 Å². The lowest BCUT2D eigenvalue weighted by molar-refractivity contribution is 0.0765. The Hall–Kier alpha value is -0.660. The zero-order valence-electron chi connectivity index (χ0n) is 5.45. The van der Waals surface area contributed by atoms with Gasteiger partial charge >= 0.3 is 5.97 Å². The minimum absolute atomic E-state index is 0.276. The smallest absolute Gasteiger partial charge is 0.340 e. The molecule has 0 saturated carbocycles. The normalized spacial score (nSPS) is 9.27. The van der Waals surface area contributed by atoms with Gasteiger partial charge in [0.2, 0.25) is 0 Å². The van der Waals surface area contributed by atoms with E-state index >= 15 is 0 Å². The first kappa shape index (κ1) is 8.44. The molecule has 58 valence electrons. The highest BCUT2D eigenvalue weighted by atomic mass is 35.5. The van der Waals surface area contributed by atoms with E-state index < -0.39 is 5.97 Å². The topological polar surface area (TPSA) is 39.2 Å². The maximum Gasteiger partial charge on any atom is 0.340 e. The first-order valence-electron chi connectivity index (χ1n) is 2.76. The van der Waals surface area contributed by atoms with Crippen LogP contribution in [0.2, 0.25) is 5.15 Å². The summed E-state index contributed by atoms with van der Waals surface area (Å²) in [6.07, 6.45) is 1.44. The van der Waals surface area contributed by atoms with E-state index in [2.05, 4.69) is 9.51 Å². The van der Waals surface area contributed by atoms with Crippen LogP contribution < -0.4 is 0 Å². The molecule has 0 spiro atoms. The van der Waals surface area contributed by atoms with Crippen LogP contribution in [0.1, 0.15) is 10.4 Å². The van der Waals surface area contributed by atoms with E-state index in [1.165, 1.54) is 18.3 Å². The summed E-state index contributed by atoms with van der Waals surface area (Å²) in [4.78, 5) is 14.5. The minimum Gasteiger partial charge on any atom is -0.448 e. The summed E-state index contributed by atoms with van der Waals surface area (Å²) in [5, 5.41) is 0.276. The van der Waals surface area contributed by atoms with Crippen molar-refractivity contribution in [1.29, 1.82) is 0 Å². The number of rotatable bonds is 1. The van der Waals surface area contributed by atoms with Gasteiger partial charge in [-0.3, -0.25) is 0 Å². The first-order chi connectivity index (χ1) is 5.24. The van der Waals surface area contributed by atoms with Crippen molar-refractivity contribution in [2.45, 2.75) is 0 Å². The third kappa shape index (κ3) is 2.14. The van der Waals surface area contributed by atoms with Crippen LogP contribution in [0.5, 0.6) is 0 Å². The summed E-state index contributed by atoms with van der Waals surface area (Å²) in [5.41, 5.74) is 0.389. The molecule has 0 amide bonds. The van der Waals surface area contributed by atoms with Gasteiger partial charge in [0.05, 0.1) is 15.0 Å². The van der Waals surface area contributed by atoms with Gasteiger partial charge in [0.25, 0.3) is 0 Å². The quantitative estimate of drug-likeness (QED) is 0.498. The molecular formula is C6H5ClNO2P. The monoisotopic (exact) mass is 189 g/mol. The molecule has 0 aromatic carbocycles. The van der Waals surface area contributed by atoms with Gasteiger partial charge < -0.3 is 4.52 Å². The van der Waals surface area contributed by atoms with Crippen molar-refractivity contribution in [3.63, 3.8) is 0 Å². The molecule has 0 bridgehead atoms. The van der Waals surface area contributed by atoms with Gasteiger partial charge in [-0.1, -0.05) is 11.6 Å². The molecule has 1 atom stereocenters. The van der Waals surface area contributed by atoms with E-state index in [0.29, 0.717) is 5.56 Å².